The van der Waals surface area contributed by atoms with E-state index in [4.69, 9.17) is 5.73 Å². The quantitative estimate of drug-likeness (QED) is 0.790. The van der Waals surface area contributed by atoms with E-state index in [2.05, 4.69) is 16.8 Å². The lowest BCUT2D eigenvalue weighted by atomic mass is 9.82. The molecule has 1 aliphatic carbocycles. The Morgan fingerprint density at radius 2 is 1.80 bits per heavy atom. The zero-order valence-electron chi connectivity index (χ0n) is 12.8. The molecule has 3 fully saturated rings. The third kappa shape index (κ3) is 2.86. The van der Waals surface area contributed by atoms with E-state index in [1.54, 1.807) is 0 Å². The molecule has 3 rings (SSSR count). The smallest absolute Gasteiger partial charge is 0.225 e. The Balaban J connectivity index is 1.57. The van der Waals surface area contributed by atoms with Crippen molar-refractivity contribution in [3.8, 4) is 0 Å². The Hall–Kier alpha value is -0.610. The Labute approximate surface area is 122 Å². The summed E-state index contributed by atoms with van der Waals surface area (Å²) in [5.41, 5.74) is 5.95. The largest absolute Gasteiger partial charge is 0.342 e. The van der Waals surface area contributed by atoms with Gasteiger partial charge < -0.3 is 15.5 Å². The van der Waals surface area contributed by atoms with Crippen molar-refractivity contribution in [2.24, 2.45) is 17.6 Å². The lowest BCUT2D eigenvalue weighted by Crippen LogP contribution is -2.55. The highest BCUT2D eigenvalue weighted by Crippen LogP contribution is 2.32. The van der Waals surface area contributed by atoms with E-state index in [-0.39, 0.29) is 5.92 Å². The van der Waals surface area contributed by atoms with Gasteiger partial charge in [-0.1, -0.05) is 0 Å². The fraction of sp³-hybridized carbons (Fsp3) is 0.938. The number of amides is 1. The maximum Gasteiger partial charge on any atom is 0.225 e. The van der Waals surface area contributed by atoms with Crippen LogP contribution in [0.3, 0.4) is 0 Å². The van der Waals surface area contributed by atoms with Gasteiger partial charge in [-0.25, -0.2) is 0 Å². The summed E-state index contributed by atoms with van der Waals surface area (Å²) in [4.78, 5) is 17.4. The van der Waals surface area contributed by atoms with E-state index >= 15 is 0 Å². The molecule has 2 atom stereocenters. The second-order valence-corrected chi connectivity index (χ2v) is 7.13. The molecule has 0 aromatic heterocycles. The minimum atomic E-state index is 0.257. The van der Waals surface area contributed by atoms with Gasteiger partial charge in [-0.3, -0.25) is 4.79 Å². The molecule has 4 nitrogen and oxygen atoms in total. The van der Waals surface area contributed by atoms with Gasteiger partial charge in [-0.05, 0) is 64.5 Å². The van der Waals surface area contributed by atoms with Crippen molar-refractivity contribution in [2.75, 3.05) is 26.7 Å². The predicted octanol–water partition coefficient (Wildman–Crippen LogP) is 1.45. The van der Waals surface area contributed by atoms with Crippen LogP contribution in [0.2, 0.25) is 0 Å². The third-order valence-electron chi connectivity index (χ3n) is 5.78. The number of carbonyl (C=O) groups excluding carboxylic acids is 1. The van der Waals surface area contributed by atoms with Crippen LogP contribution >= 0.6 is 0 Å². The molecule has 20 heavy (non-hydrogen) atoms. The van der Waals surface area contributed by atoms with Crippen LogP contribution in [-0.4, -0.2) is 54.5 Å². The van der Waals surface area contributed by atoms with Gasteiger partial charge in [0.25, 0.3) is 0 Å². The predicted molar refractivity (Wildman–Crippen MR) is 80.3 cm³/mol. The molecule has 0 bridgehead atoms. The summed E-state index contributed by atoms with van der Waals surface area (Å²) in [6.45, 7) is 3.19. The molecular weight excluding hydrogens is 250 g/mol. The fourth-order valence-electron chi connectivity index (χ4n) is 4.48. The van der Waals surface area contributed by atoms with Gasteiger partial charge in [-0.15, -0.1) is 0 Å². The van der Waals surface area contributed by atoms with Crippen LogP contribution in [0.25, 0.3) is 0 Å². The van der Waals surface area contributed by atoms with Gasteiger partial charge in [-0.2, -0.15) is 0 Å². The lowest BCUT2D eigenvalue weighted by Gasteiger charge is -2.46. The monoisotopic (exact) mass is 279 g/mol. The van der Waals surface area contributed by atoms with E-state index in [1.165, 1.54) is 25.8 Å². The Morgan fingerprint density at radius 1 is 1.05 bits per heavy atom. The number of rotatable bonds is 1. The van der Waals surface area contributed by atoms with Crippen LogP contribution in [0, 0.1) is 11.8 Å². The van der Waals surface area contributed by atoms with E-state index in [9.17, 15) is 4.79 Å². The summed E-state index contributed by atoms with van der Waals surface area (Å²) in [7, 11) is 2.25. The molecule has 0 radical (unpaired) electrons. The third-order valence-corrected chi connectivity index (χ3v) is 5.78. The molecule has 1 amide bonds. The molecule has 2 saturated heterocycles. The van der Waals surface area contributed by atoms with Gasteiger partial charge in [0.2, 0.25) is 5.91 Å². The first-order valence-electron chi connectivity index (χ1n) is 8.39. The van der Waals surface area contributed by atoms with Crippen molar-refractivity contribution in [1.82, 2.24) is 9.80 Å². The number of nitrogens with zero attached hydrogens (tertiary/aromatic N) is 2. The van der Waals surface area contributed by atoms with E-state index in [0.29, 0.717) is 23.9 Å². The Morgan fingerprint density at radius 3 is 2.55 bits per heavy atom. The minimum Gasteiger partial charge on any atom is -0.342 e. The average Bonchev–Trinajstić information content (AvgIpc) is 2.47. The first kappa shape index (κ1) is 14.3. The van der Waals surface area contributed by atoms with Crippen molar-refractivity contribution >= 4 is 5.91 Å². The highest BCUT2D eigenvalue weighted by atomic mass is 16.2. The van der Waals surface area contributed by atoms with Gasteiger partial charge in [0.15, 0.2) is 0 Å². The molecule has 4 heteroatoms. The second-order valence-electron chi connectivity index (χ2n) is 7.13. The van der Waals surface area contributed by atoms with E-state index in [1.807, 2.05) is 0 Å². The molecular formula is C16H29N3O. The Bertz CT molecular complexity index is 352. The van der Waals surface area contributed by atoms with Crippen molar-refractivity contribution in [1.29, 1.82) is 0 Å². The first-order chi connectivity index (χ1) is 9.65. The fourth-order valence-corrected chi connectivity index (χ4v) is 4.48. The van der Waals surface area contributed by atoms with Crippen LogP contribution in [0.4, 0.5) is 0 Å². The number of hydrogen-bond donors (Lipinski definition) is 1. The topological polar surface area (TPSA) is 49.6 Å². The minimum absolute atomic E-state index is 0.257. The summed E-state index contributed by atoms with van der Waals surface area (Å²) in [5.74, 6) is 1.38. The van der Waals surface area contributed by atoms with Crippen LogP contribution < -0.4 is 5.73 Å². The maximum absolute atomic E-state index is 12.7. The lowest BCUT2D eigenvalue weighted by molar-refractivity contribution is -0.140. The molecule has 3 aliphatic rings. The molecule has 2 unspecified atom stereocenters. The van der Waals surface area contributed by atoms with Gasteiger partial charge in [0, 0.05) is 31.1 Å². The molecule has 114 valence electrons. The number of likely N-dealkylation sites (tertiary alicyclic amines) is 2. The number of piperidine rings is 2. The van der Waals surface area contributed by atoms with Gasteiger partial charge in [0.05, 0.1) is 0 Å². The standard InChI is InChI=1S/C16H29N3O/c1-18-9-2-3-13-11-19(10-8-15(13)18)16(20)12-4-6-14(17)7-5-12/h12-15H,2-11,17H2,1H3. The van der Waals surface area contributed by atoms with Crippen molar-refractivity contribution < 1.29 is 4.79 Å². The first-order valence-corrected chi connectivity index (χ1v) is 8.39. The maximum atomic E-state index is 12.7. The molecule has 1 saturated carbocycles. The molecule has 0 aromatic carbocycles. The average molecular weight is 279 g/mol. The van der Waals surface area contributed by atoms with E-state index in [0.717, 1.165) is 38.8 Å². The number of hydrogen-bond acceptors (Lipinski definition) is 3. The van der Waals surface area contributed by atoms with Crippen LogP contribution in [-0.2, 0) is 4.79 Å². The number of nitrogens with two attached hydrogens (primary N) is 1. The molecule has 2 N–H and O–H groups in total. The van der Waals surface area contributed by atoms with Gasteiger partial charge >= 0.3 is 0 Å². The Kier molecular flexibility index (Phi) is 4.32. The van der Waals surface area contributed by atoms with Crippen LogP contribution in [0.5, 0.6) is 0 Å². The summed E-state index contributed by atoms with van der Waals surface area (Å²) < 4.78 is 0. The summed E-state index contributed by atoms with van der Waals surface area (Å²) in [6, 6.07) is 1.05. The highest BCUT2D eigenvalue weighted by molar-refractivity contribution is 5.79. The van der Waals surface area contributed by atoms with Crippen molar-refractivity contribution in [3.05, 3.63) is 0 Å². The van der Waals surface area contributed by atoms with Crippen LogP contribution in [0.1, 0.15) is 44.9 Å². The molecule has 2 heterocycles. The van der Waals surface area contributed by atoms with E-state index < -0.39 is 0 Å². The summed E-state index contributed by atoms with van der Waals surface area (Å²) in [6.07, 6.45) is 7.82. The normalized spacial score (nSPS) is 39.4. The highest BCUT2D eigenvalue weighted by Gasteiger charge is 2.37. The van der Waals surface area contributed by atoms with Crippen LogP contribution in [0.15, 0.2) is 0 Å². The summed E-state index contributed by atoms with van der Waals surface area (Å²) in [5, 5.41) is 0. The molecule has 0 aromatic rings. The molecule has 2 aliphatic heterocycles. The van der Waals surface area contributed by atoms with Crippen molar-refractivity contribution in [2.45, 2.75) is 57.0 Å². The summed E-state index contributed by atoms with van der Waals surface area (Å²) >= 11 is 0. The zero-order chi connectivity index (χ0) is 14.1. The van der Waals surface area contributed by atoms with Gasteiger partial charge in [0.1, 0.15) is 0 Å². The number of carbonyl (C=O) groups is 1. The van der Waals surface area contributed by atoms with Crippen molar-refractivity contribution in [3.63, 3.8) is 0 Å². The zero-order valence-corrected chi connectivity index (χ0v) is 12.8. The second kappa shape index (κ2) is 6.02. The number of fused-ring (bicyclic) bond motifs is 1. The SMILES string of the molecule is CN1CCCC2CN(C(=O)C3CCC(N)CC3)CCC21. The molecule has 0 spiro atoms.